The Kier molecular flexibility index (Phi) is 17.1. The minimum absolute atomic E-state index is 0.420. The van der Waals surface area contributed by atoms with Crippen LogP contribution in [0.4, 0.5) is 0 Å². The average Bonchev–Trinajstić information content (AvgIpc) is 2.73. The highest BCUT2D eigenvalue weighted by Gasteiger charge is 2.11. The van der Waals surface area contributed by atoms with Gasteiger partial charge in [0.25, 0.3) is 0 Å². The Morgan fingerprint density at radius 2 is 1.31 bits per heavy atom. The summed E-state index contributed by atoms with van der Waals surface area (Å²) in [6, 6.07) is 6.26. The van der Waals surface area contributed by atoms with Crippen molar-refractivity contribution >= 4 is 23.5 Å². The maximum Gasteiger partial charge on any atom is 0.119 e. The molecule has 1 N–H and O–H groups in total. The molecule has 0 spiro atoms. The number of benzene rings is 1. The smallest absolute Gasteiger partial charge is 0.119 e. The zero-order valence-corrected chi connectivity index (χ0v) is 21.0. The van der Waals surface area contributed by atoms with Crippen molar-refractivity contribution < 1.29 is 5.11 Å². The van der Waals surface area contributed by atoms with E-state index >= 15 is 0 Å². The van der Waals surface area contributed by atoms with E-state index in [1.54, 1.807) is 0 Å². The lowest BCUT2D eigenvalue weighted by molar-refractivity contribution is 0.465. The molecule has 0 saturated heterocycles. The molecule has 0 heterocycles. The molecule has 3 heteroatoms. The number of thioether (sulfide) groups is 2. The molecule has 0 aromatic heterocycles. The topological polar surface area (TPSA) is 20.2 Å². The third-order valence-corrected chi connectivity index (χ3v) is 7.97. The Balaban J connectivity index is 2.22. The first-order chi connectivity index (χ1) is 14.2. The molecule has 0 radical (unpaired) electrons. The molecule has 0 bridgehead atoms. The second-order valence-electron chi connectivity index (χ2n) is 8.46. The summed E-state index contributed by atoms with van der Waals surface area (Å²) in [6.07, 6.45) is 16.4. The van der Waals surface area contributed by atoms with Crippen LogP contribution in [0.1, 0.15) is 115 Å². The molecule has 0 aliphatic carbocycles. The van der Waals surface area contributed by atoms with Crippen LogP contribution in [-0.4, -0.2) is 22.4 Å². The van der Waals surface area contributed by atoms with Crippen LogP contribution in [0.25, 0.3) is 0 Å². The van der Waals surface area contributed by atoms with Crippen LogP contribution in [-0.2, 0) is 5.75 Å². The van der Waals surface area contributed by atoms with E-state index in [0.717, 1.165) is 17.1 Å². The Morgan fingerprint density at radius 1 is 0.759 bits per heavy atom. The van der Waals surface area contributed by atoms with Crippen LogP contribution in [0.5, 0.6) is 5.75 Å². The predicted octanol–water partition coefficient (Wildman–Crippen LogP) is 9.18. The molecule has 0 amide bonds. The Bertz CT molecular complexity index is 503. The van der Waals surface area contributed by atoms with E-state index in [1.807, 2.05) is 17.8 Å². The standard InChI is InChI=1S/C26H46OS2/c1-4-6-8-10-12-14-18-28-21-23(3)25-20-24(16-17-26(25)27)22-29-19-15-13-11-9-7-5-2/h16-17,20,23,27H,4-15,18-19,21-22H2,1-3H3. The minimum Gasteiger partial charge on any atom is -0.508 e. The van der Waals surface area contributed by atoms with Gasteiger partial charge < -0.3 is 5.11 Å². The monoisotopic (exact) mass is 438 g/mol. The van der Waals surface area contributed by atoms with Crippen molar-refractivity contribution in [3.63, 3.8) is 0 Å². The summed E-state index contributed by atoms with van der Waals surface area (Å²) in [5.41, 5.74) is 2.50. The Labute approximate surface area is 190 Å². The van der Waals surface area contributed by atoms with Gasteiger partial charge in [-0.3, -0.25) is 0 Å². The zero-order valence-electron chi connectivity index (χ0n) is 19.4. The summed E-state index contributed by atoms with van der Waals surface area (Å²) in [7, 11) is 0. The van der Waals surface area contributed by atoms with Crippen molar-refractivity contribution in [1.29, 1.82) is 0 Å². The van der Waals surface area contributed by atoms with Gasteiger partial charge >= 0.3 is 0 Å². The zero-order chi connectivity index (χ0) is 21.2. The largest absolute Gasteiger partial charge is 0.508 e. The quantitative estimate of drug-likeness (QED) is 0.217. The molecule has 1 rings (SSSR count). The molecule has 1 aromatic rings. The Morgan fingerprint density at radius 3 is 1.93 bits per heavy atom. The van der Waals surface area contributed by atoms with Crippen molar-refractivity contribution in [3.05, 3.63) is 29.3 Å². The summed E-state index contributed by atoms with van der Waals surface area (Å²) in [5, 5.41) is 10.3. The number of aromatic hydroxyl groups is 1. The number of phenols is 1. The fourth-order valence-corrected chi connectivity index (χ4v) is 5.67. The van der Waals surface area contributed by atoms with Gasteiger partial charge in [0.2, 0.25) is 0 Å². The normalized spacial score (nSPS) is 12.4. The van der Waals surface area contributed by atoms with Crippen molar-refractivity contribution in [2.24, 2.45) is 0 Å². The van der Waals surface area contributed by atoms with Crippen molar-refractivity contribution in [1.82, 2.24) is 0 Å². The fourth-order valence-electron chi connectivity index (χ4n) is 3.60. The van der Waals surface area contributed by atoms with E-state index in [2.05, 4.69) is 44.7 Å². The SMILES string of the molecule is CCCCCCCCSCc1ccc(O)c(C(C)CSCCCCCCCC)c1. The lowest BCUT2D eigenvalue weighted by atomic mass is 10.00. The number of hydrogen-bond donors (Lipinski definition) is 1. The number of phenolic OH excluding ortho intramolecular Hbond substituents is 1. The van der Waals surface area contributed by atoms with Crippen LogP contribution in [0.3, 0.4) is 0 Å². The third-order valence-electron chi connectivity index (χ3n) is 5.54. The predicted molar refractivity (Wildman–Crippen MR) is 137 cm³/mol. The molecule has 29 heavy (non-hydrogen) atoms. The van der Waals surface area contributed by atoms with E-state index in [1.165, 1.54) is 94.1 Å². The van der Waals surface area contributed by atoms with Crippen LogP contribution in [0.15, 0.2) is 18.2 Å². The highest BCUT2D eigenvalue weighted by atomic mass is 32.2. The summed E-state index contributed by atoms with van der Waals surface area (Å²) in [4.78, 5) is 0. The van der Waals surface area contributed by atoms with Gasteiger partial charge in [-0.25, -0.2) is 0 Å². The number of hydrogen-bond acceptors (Lipinski definition) is 3. The lowest BCUT2D eigenvalue weighted by Gasteiger charge is -2.15. The molecule has 1 nitrogen and oxygen atoms in total. The third kappa shape index (κ3) is 13.6. The van der Waals surface area contributed by atoms with E-state index < -0.39 is 0 Å². The first kappa shape index (κ1) is 26.8. The Hall–Kier alpha value is -0.280. The second kappa shape index (κ2) is 18.5. The summed E-state index contributed by atoms with van der Waals surface area (Å²) in [5.74, 6) is 5.58. The molecule has 168 valence electrons. The molecular weight excluding hydrogens is 392 g/mol. The molecule has 1 unspecified atom stereocenters. The van der Waals surface area contributed by atoms with Crippen LogP contribution in [0.2, 0.25) is 0 Å². The van der Waals surface area contributed by atoms with Crippen LogP contribution >= 0.6 is 23.5 Å². The van der Waals surface area contributed by atoms with Gasteiger partial charge in [-0.1, -0.05) is 97.1 Å². The maximum atomic E-state index is 10.3. The minimum atomic E-state index is 0.420. The van der Waals surface area contributed by atoms with Gasteiger partial charge in [0, 0.05) is 11.5 Å². The molecule has 0 saturated carbocycles. The van der Waals surface area contributed by atoms with Gasteiger partial charge in [-0.2, -0.15) is 23.5 Å². The van der Waals surface area contributed by atoms with Crippen LogP contribution in [0, 0.1) is 0 Å². The molecular formula is C26H46OS2. The average molecular weight is 439 g/mol. The van der Waals surface area contributed by atoms with E-state index in [-0.39, 0.29) is 0 Å². The maximum absolute atomic E-state index is 10.3. The van der Waals surface area contributed by atoms with E-state index in [0.29, 0.717) is 11.7 Å². The van der Waals surface area contributed by atoms with Crippen molar-refractivity contribution in [3.8, 4) is 5.75 Å². The highest BCUT2D eigenvalue weighted by molar-refractivity contribution is 7.99. The summed E-state index contributed by atoms with van der Waals surface area (Å²) in [6.45, 7) is 6.81. The lowest BCUT2D eigenvalue weighted by Crippen LogP contribution is -2.00. The van der Waals surface area contributed by atoms with E-state index in [4.69, 9.17) is 0 Å². The summed E-state index contributed by atoms with van der Waals surface area (Å²) < 4.78 is 0. The number of unbranched alkanes of at least 4 members (excludes halogenated alkanes) is 10. The fraction of sp³-hybridized carbons (Fsp3) is 0.769. The van der Waals surface area contributed by atoms with Crippen molar-refractivity contribution in [2.45, 2.75) is 109 Å². The van der Waals surface area contributed by atoms with Gasteiger partial charge in [0.05, 0.1) is 0 Å². The van der Waals surface area contributed by atoms with Gasteiger partial charge in [-0.15, -0.1) is 0 Å². The van der Waals surface area contributed by atoms with Gasteiger partial charge in [0.15, 0.2) is 0 Å². The molecule has 1 atom stereocenters. The first-order valence-electron chi connectivity index (χ1n) is 12.2. The van der Waals surface area contributed by atoms with Crippen LogP contribution < -0.4 is 0 Å². The molecule has 1 aromatic carbocycles. The second-order valence-corrected chi connectivity index (χ2v) is 10.7. The van der Waals surface area contributed by atoms with E-state index in [9.17, 15) is 5.11 Å². The number of rotatable bonds is 19. The summed E-state index contributed by atoms with van der Waals surface area (Å²) >= 11 is 4.09. The first-order valence-corrected chi connectivity index (χ1v) is 14.5. The van der Waals surface area contributed by atoms with Crippen molar-refractivity contribution in [2.75, 3.05) is 17.3 Å². The van der Waals surface area contributed by atoms with Gasteiger partial charge in [-0.05, 0) is 47.5 Å². The van der Waals surface area contributed by atoms with Gasteiger partial charge in [0.1, 0.15) is 5.75 Å². The molecule has 0 aliphatic rings. The highest BCUT2D eigenvalue weighted by Crippen LogP contribution is 2.30. The molecule has 0 fully saturated rings. The molecule has 0 aliphatic heterocycles.